The number of fused-ring (bicyclic) bond motifs is 12. The van der Waals surface area contributed by atoms with Crippen LogP contribution in [0.25, 0.3) is 59.6 Å². The number of aromatic nitrogens is 1. The summed E-state index contributed by atoms with van der Waals surface area (Å²) in [6.07, 6.45) is 0. The van der Waals surface area contributed by atoms with Gasteiger partial charge in [-0.2, -0.15) is 0 Å². The smallest absolute Gasteiger partial charge is 0.0619 e. The van der Waals surface area contributed by atoms with Crippen LogP contribution in [0.15, 0.2) is 103 Å². The molecule has 0 aliphatic rings. The molecule has 0 bridgehead atoms. The van der Waals surface area contributed by atoms with Gasteiger partial charge in [0.2, 0.25) is 0 Å². The molecule has 7 aromatic rings. The lowest BCUT2D eigenvalue weighted by Crippen LogP contribution is -1.93. The van der Waals surface area contributed by atoms with Crippen LogP contribution in [-0.2, 0) is 0 Å². The molecule has 0 unspecified atom stereocenters. The third-order valence-electron chi connectivity index (χ3n) is 6.31. The van der Waals surface area contributed by atoms with Gasteiger partial charge >= 0.3 is 0 Å². The van der Waals surface area contributed by atoms with Crippen LogP contribution in [0.2, 0.25) is 0 Å². The largest absolute Gasteiger partial charge is 0.308 e. The van der Waals surface area contributed by atoms with Gasteiger partial charge in [0.1, 0.15) is 0 Å². The fourth-order valence-electron chi connectivity index (χ4n) is 5.07. The zero-order valence-corrected chi connectivity index (χ0v) is 15.8. The summed E-state index contributed by atoms with van der Waals surface area (Å²) in [5.74, 6) is 0. The second-order valence-electron chi connectivity index (χ2n) is 7.82. The van der Waals surface area contributed by atoms with Gasteiger partial charge in [-0.05, 0) is 28.3 Å². The van der Waals surface area contributed by atoms with Gasteiger partial charge in [0.05, 0.1) is 16.6 Å². The quantitative estimate of drug-likeness (QED) is 0.242. The van der Waals surface area contributed by atoms with E-state index in [2.05, 4.69) is 108 Å². The highest BCUT2D eigenvalue weighted by molar-refractivity contribution is 6.28. The van der Waals surface area contributed by atoms with Crippen molar-refractivity contribution in [2.45, 2.75) is 0 Å². The second-order valence-corrected chi connectivity index (χ2v) is 7.82. The SMILES string of the molecule is c1ccc2c(c1)ccc1c2c2ccc3ccccc3c2n2c3ccccc3cc12. The first-order valence-electron chi connectivity index (χ1n) is 10.1. The van der Waals surface area contributed by atoms with E-state index in [1.807, 2.05) is 0 Å². The maximum absolute atomic E-state index is 2.46. The molecule has 2 heterocycles. The minimum atomic E-state index is 1.26. The molecule has 1 nitrogen and oxygen atoms in total. The van der Waals surface area contributed by atoms with E-state index >= 15 is 0 Å². The van der Waals surface area contributed by atoms with Crippen LogP contribution in [0, 0.1) is 0 Å². The molecule has 0 saturated heterocycles. The fourth-order valence-corrected chi connectivity index (χ4v) is 5.07. The van der Waals surface area contributed by atoms with Gasteiger partial charge in [0.25, 0.3) is 0 Å². The zero-order chi connectivity index (χ0) is 18.9. The van der Waals surface area contributed by atoms with Gasteiger partial charge in [0.15, 0.2) is 0 Å². The lowest BCUT2D eigenvalue weighted by Gasteiger charge is -2.14. The molecule has 7 rings (SSSR count). The van der Waals surface area contributed by atoms with E-state index in [-0.39, 0.29) is 0 Å². The molecule has 0 spiro atoms. The van der Waals surface area contributed by atoms with E-state index < -0.39 is 0 Å². The van der Waals surface area contributed by atoms with Gasteiger partial charge in [-0.3, -0.25) is 0 Å². The molecule has 2 aromatic heterocycles. The monoisotopic (exact) mass is 367 g/mol. The van der Waals surface area contributed by atoms with Crippen LogP contribution < -0.4 is 0 Å². The Bertz CT molecular complexity index is 1750. The Morgan fingerprint density at radius 2 is 1.03 bits per heavy atom. The minimum absolute atomic E-state index is 1.26. The van der Waals surface area contributed by atoms with Crippen LogP contribution in [0.5, 0.6) is 0 Å². The summed E-state index contributed by atoms with van der Waals surface area (Å²) >= 11 is 0. The van der Waals surface area contributed by atoms with Crippen molar-refractivity contribution >= 4 is 59.6 Å². The normalized spacial score (nSPS) is 12.1. The van der Waals surface area contributed by atoms with Gasteiger partial charge in [-0.25, -0.2) is 0 Å². The Kier molecular flexibility index (Phi) is 2.80. The number of pyridine rings is 1. The summed E-state index contributed by atoms with van der Waals surface area (Å²) < 4.78 is 2.46. The maximum atomic E-state index is 2.46. The molecule has 5 aromatic carbocycles. The molecule has 0 atom stereocenters. The molecule has 0 radical (unpaired) electrons. The molecule has 134 valence electrons. The van der Waals surface area contributed by atoms with Crippen molar-refractivity contribution in [3.05, 3.63) is 103 Å². The van der Waals surface area contributed by atoms with E-state index in [0.717, 1.165) is 0 Å². The highest BCUT2D eigenvalue weighted by Crippen LogP contribution is 2.40. The maximum Gasteiger partial charge on any atom is 0.0619 e. The summed E-state index contributed by atoms with van der Waals surface area (Å²) in [5.41, 5.74) is 3.83. The number of para-hydroxylation sites is 1. The van der Waals surface area contributed by atoms with Crippen LogP contribution in [0.4, 0.5) is 0 Å². The highest BCUT2D eigenvalue weighted by Gasteiger charge is 2.15. The Balaban J connectivity index is 1.94. The third kappa shape index (κ3) is 1.89. The standard InChI is InChI=1S/C28H17N/c1-4-10-21-18(7-1)13-15-23-26-17-20-9-3-6-12-25(20)29(26)28-22-11-5-2-8-19(22)14-16-24(28)27(21)23/h1-17H. The molecule has 1 heteroatoms. The molecule has 29 heavy (non-hydrogen) atoms. The topological polar surface area (TPSA) is 4.41 Å². The molecule has 0 aliphatic heterocycles. The molecule has 0 fully saturated rings. The van der Waals surface area contributed by atoms with Crippen molar-refractivity contribution in [3.8, 4) is 0 Å². The Hall–Kier alpha value is -3.84. The lowest BCUT2D eigenvalue weighted by atomic mass is 9.96. The lowest BCUT2D eigenvalue weighted by molar-refractivity contribution is 1.36. The van der Waals surface area contributed by atoms with Gasteiger partial charge in [-0.1, -0.05) is 91.0 Å². The van der Waals surface area contributed by atoms with Crippen LogP contribution in [0.1, 0.15) is 0 Å². The molecule has 0 aliphatic carbocycles. The Morgan fingerprint density at radius 1 is 0.414 bits per heavy atom. The first-order valence-corrected chi connectivity index (χ1v) is 10.1. The zero-order valence-electron chi connectivity index (χ0n) is 15.8. The first kappa shape index (κ1) is 15.1. The van der Waals surface area contributed by atoms with Crippen molar-refractivity contribution < 1.29 is 0 Å². The average Bonchev–Trinajstić information content (AvgIpc) is 3.18. The van der Waals surface area contributed by atoms with Gasteiger partial charge in [-0.15, -0.1) is 0 Å². The number of hydrogen-bond acceptors (Lipinski definition) is 0. The fraction of sp³-hybridized carbons (Fsp3) is 0. The Morgan fingerprint density at radius 3 is 1.86 bits per heavy atom. The molecule has 0 N–H and O–H groups in total. The number of nitrogens with zero attached hydrogens (tertiary/aromatic N) is 1. The summed E-state index contributed by atoms with van der Waals surface area (Å²) in [6, 6.07) is 37.6. The number of benzene rings is 5. The van der Waals surface area contributed by atoms with Crippen LogP contribution in [-0.4, -0.2) is 4.40 Å². The van der Waals surface area contributed by atoms with E-state index in [4.69, 9.17) is 0 Å². The molecular formula is C28H17N. The summed E-state index contributed by atoms with van der Waals surface area (Å²) in [6.45, 7) is 0. The molecule has 0 saturated carbocycles. The van der Waals surface area contributed by atoms with Crippen LogP contribution in [0.3, 0.4) is 0 Å². The third-order valence-corrected chi connectivity index (χ3v) is 6.31. The van der Waals surface area contributed by atoms with Crippen molar-refractivity contribution in [2.75, 3.05) is 0 Å². The van der Waals surface area contributed by atoms with E-state index in [1.54, 1.807) is 0 Å². The number of rotatable bonds is 0. The number of hydrogen-bond donors (Lipinski definition) is 0. The second kappa shape index (κ2) is 5.36. The predicted octanol–water partition coefficient (Wildman–Crippen LogP) is 7.71. The van der Waals surface area contributed by atoms with Gasteiger partial charge in [0, 0.05) is 26.9 Å². The summed E-state index contributed by atoms with van der Waals surface area (Å²) in [4.78, 5) is 0. The Labute approximate surface area is 167 Å². The van der Waals surface area contributed by atoms with Gasteiger partial charge < -0.3 is 4.40 Å². The average molecular weight is 367 g/mol. The van der Waals surface area contributed by atoms with E-state index in [0.29, 0.717) is 0 Å². The van der Waals surface area contributed by atoms with Crippen LogP contribution >= 0.6 is 0 Å². The molecular weight excluding hydrogens is 350 g/mol. The van der Waals surface area contributed by atoms with Crippen molar-refractivity contribution in [3.63, 3.8) is 0 Å². The van der Waals surface area contributed by atoms with Crippen molar-refractivity contribution in [2.24, 2.45) is 0 Å². The summed E-state index contributed by atoms with van der Waals surface area (Å²) in [5, 5.41) is 10.4. The van der Waals surface area contributed by atoms with E-state index in [1.165, 1.54) is 59.6 Å². The summed E-state index contributed by atoms with van der Waals surface area (Å²) in [7, 11) is 0. The highest BCUT2D eigenvalue weighted by atomic mass is 14.9. The first-order chi connectivity index (χ1) is 14.4. The van der Waals surface area contributed by atoms with Crippen molar-refractivity contribution in [1.82, 2.24) is 4.40 Å². The van der Waals surface area contributed by atoms with E-state index in [9.17, 15) is 0 Å². The van der Waals surface area contributed by atoms with Crippen molar-refractivity contribution in [1.29, 1.82) is 0 Å². The molecule has 0 amide bonds. The minimum Gasteiger partial charge on any atom is -0.308 e. The predicted molar refractivity (Wildman–Crippen MR) is 125 cm³/mol.